The predicted molar refractivity (Wildman–Crippen MR) is 98.9 cm³/mol. The Hall–Kier alpha value is -2.90. The van der Waals surface area contributed by atoms with Gasteiger partial charge in [0.15, 0.2) is 69.8 Å². The van der Waals surface area contributed by atoms with Gasteiger partial charge in [-0.3, -0.25) is 0 Å². The Bertz CT molecular complexity index is 1280. The van der Waals surface area contributed by atoms with E-state index in [2.05, 4.69) is 12.6 Å². The highest BCUT2D eigenvalue weighted by Crippen LogP contribution is 2.42. The molecule has 35 heavy (non-hydrogen) atoms. The van der Waals surface area contributed by atoms with Crippen LogP contribution in [0, 0.1) is 75.6 Å². The maximum atomic E-state index is 14.7. The van der Waals surface area contributed by atoms with E-state index in [1.54, 1.807) is 0 Å². The quantitative estimate of drug-likeness (QED) is 0.147. The molecule has 3 aromatic rings. The number of rotatable bonds is 5. The number of hydrogen-bond acceptors (Lipinski definition) is 1. The Morgan fingerprint density at radius 2 is 0.571 bits per heavy atom. The Morgan fingerprint density at radius 1 is 0.343 bits per heavy atom. The predicted octanol–water partition coefficient (Wildman–Crippen LogP) is 7.69. The molecule has 0 radical (unpaired) electrons. The minimum absolute atomic E-state index is 0.00268. The first kappa shape index (κ1) is 26.7. The molecule has 0 heterocycles. The molecule has 14 heteroatoms. The van der Waals surface area contributed by atoms with E-state index in [1.165, 1.54) is 0 Å². The van der Waals surface area contributed by atoms with Crippen LogP contribution >= 0.6 is 12.6 Å². The summed E-state index contributed by atoms with van der Waals surface area (Å²) in [4.78, 5) is 0. The molecule has 0 aliphatic rings. The smallest absolute Gasteiger partial charge is 0.200 e. The van der Waals surface area contributed by atoms with Gasteiger partial charge in [0.05, 0.1) is 22.3 Å². The highest BCUT2D eigenvalue weighted by Gasteiger charge is 2.37. The largest absolute Gasteiger partial charge is 0.203 e. The molecule has 0 amide bonds. The third kappa shape index (κ3) is 4.00. The lowest BCUT2D eigenvalue weighted by atomic mass is 9.94. The zero-order chi connectivity index (χ0) is 26.5. The molecular formula is C21H7F13S. The third-order valence-electron chi connectivity index (χ3n) is 4.91. The van der Waals surface area contributed by atoms with Crippen molar-refractivity contribution in [3.05, 3.63) is 81.2 Å². The Balaban J connectivity index is 2.42. The SMILES string of the molecule is Fc1c(F)c(F)c(-c2c(F)c(F)c(-c3c(F)c(F)c(CCCS)c(F)c3F)c(F)c2F)c(F)c1F. The highest BCUT2D eigenvalue weighted by molar-refractivity contribution is 7.80. The first-order valence-electron chi connectivity index (χ1n) is 9.13. The van der Waals surface area contributed by atoms with Gasteiger partial charge in [0, 0.05) is 5.56 Å². The summed E-state index contributed by atoms with van der Waals surface area (Å²) < 4.78 is 184. The lowest BCUT2D eigenvalue weighted by molar-refractivity contribution is 0.379. The number of thiol groups is 1. The topological polar surface area (TPSA) is 0 Å². The van der Waals surface area contributed by atoms with Crippen molar-refractivity contribution in [2.45, 2.75) is 12.8 Å². The molecular weight excluding hydrogens is 531 g/mol. The summed E-state index contributed by atoms with van der Waals surface area (Å²) >= 11 is 3.73. The van der Waals surface area contributed by atoms with Crippen molar-refractivity contribution in [1.29, 1.82) is 0 Å². The van der Waals surface area contributed by atoms with Gasteiger partial charge in [0.25, 0.3) is 0 Å². The molecule has 0 bridgehead atoms. The summed E-state index contributed by atoms with van der Waals surface area (Å²) in [5.41, 5.74) is -10.8. The molecule has 0 aliphatic heterocycles. The van der Waals surface area contributed by atoms with E-state index in [9.17, 15) is 57.1 Å². The number of halogens is 13. The van der Waals surface area contributed by atoms with Gasteiger partial charge in [-0.15, -0.1) is 0 Å². The number of benzene rings is 3. The molecule has 0 nitrogen and oxygen atoms in total. The van der Waals surface area contributed by atoms with E-state index >= 15 is 0 Å². The molecule has 0 fully saturated rings. The summed E-state index contributed by atoms with van der Waals surface area (Å²) in [6.07, 6.45) is -0.750. The zero-order valence-electron chi connectivity index (χ0n) is 16.5. The van der Waals surface area contributed by atoms with Gasteiger partial charge >= 0.3 is 0 Å². The second kappa shape index (κ2) is 9.63. The van der Waals surface area contributed by atoms with E-state index in [4.69, 9.17) is 0 Å². The van der Waals surface area contributed by atoms with Crippen LogP contribution < -0.4 is 0 Å². The molecule has 0 aliphatic carbocycles. The van der Waals surface area contributed by atoms with Crippen molar-refractivity contribution in [2.75, 3.05) is 5.75 Å². The average Bonchev–Trinajstić information content (AvgIpc) is 2.83. The summed E-state index contributed by atoms with van der Waals surface area (Å²) in [6, 6.07) is 0. The second-order valence-corrected chi connectivity index (χ2v) is 7.33. The highest BCUT2D eigenvalue weighted by atomic mass is 32.1. The normalized spacial score (nSPS) is 11.5. The lowest BCUT2D eigenvalue weighted by Crippen LogP contribution is -2.12. The maximum Gasteiger partial charge on any atom is 0.200 e. The van der Waals surface area contributed by atoms with E-state index in [-0.39, 0.29) is 12.2 Å². The minimum Gasteiger partial charge on any atom is -0.203 e. The lowest BCUT2D eigenvalue weighted by Gasteiger charge is -2.16. The van der Waals surface area contributed by atoms with Gasteiger partial charge in [-0.2, -0.15) is 12.6 Å². The molecule has 0 saturated heterocycles. The van der Waals surface area contributed by atoms with Crippen LogP contribution in [0.5, 0.6) is 0 Å². The van der Waals surface area contributed by atoms with Crippen molar-refractivity contribution in [1.82, 2.24) is 0 Å². The van der Waals surface area contributed by atoms with Gasteiger partial charge in [-0.05, 0) is 18.6 Å². The van der Waals surface area contributed by atoms with Gasteiger partial charge in [0.2, 0.25) is 5.82 Å². The van der Waals surface area contributed by atoms with Crippen molar-refractivity contribution >= 4 is 12.6 Å². The molecule has 0 aromatic heterocycles. The van der Waals surface area contributed by atoms with Crippen molar-refractivity contribution < 1.29 is 57.1 Å². The first-order chi connectivity index (χ1) is 16.3. The first-order valence-corrected chi connectivity index (χ1v) is 9.76. The van der Waals surface area contributed by atoms with E-state index < -0.39 is 110 Å². The van der Waals surface area contributed by atoms with E-state index in [1.807, 2.05) is 0 Å². The summed E-state index contributed by atoms with van der Waals surface area (Å²) in [7, 11) is 0. The molecule has 0 N–H and O–H groups in total. The van der Waals surface area contributed by atoms with E-state index in [0.717, 1.165) is 0 Å². The maximum absolute atomic E-state index is 14.7. The molecule has 3 aromatic carbocycles. The van der Waals surface area contributed by atoms with Crippen LogP contribution in [0.25, 0.3) is 22.3 Å². The van der Waals surface area contributed by atoms with Crippen LogP contribution in [0.15, 0.2) is 0 Å². The van der Waals surface area contributed by atoms with Gasteiger partial charge in [0.1, 0.15) is 0 Å². The summed E-state index contributed by atoms with van der Waals surface area (Å²) in [6.45, 7) is 0. The Labute approximate surface area is 192 Å². The molecule has 0 saturated carbocycles. The van der Waals surface area contributed by atoms with Gasteiger partial charge in [-0.1, -0.05) is 0 Å². The fourth-order valence-electron chi connectivity index (χ4n) is 3.27. The summed E-state index contributed by atoms with van der Waals surface area (Å²) in [5, 5.41) is 0. The van der Waals surface area contributed by atoms with Crippen molar-refractivity contribution in [3.8, 4) is 22.3 Å². The van der Waals surface area contributed by atoms with Crippen LogP contribution in [0.4, 0.5) is 57.1 Å². The van der Waals surface area contributed by atoms with Gasteiger partial charge in [-0.25, -0.2) is 57.1 Å². The summed E-state index contributed by atoms with van der Waals surface area (Å²) in [5.74, 6) is -34.7. The Kier molecular flexibility index (Phi) is 7.34. The monoisotopic (exact) mass is 538 g/mol. The number of hydrogen-bond donors (Lipinski definition) is 1. The van der Waals surface area contributed by atoms with Crippen LogP contribution in [0.3, 0.4) is 0 Å². The Morgan fingerprint density at radius 3 is 0.857 bits per heavy atom. The molecule has 3 rings (SSSR count). The average molecular weight is 538 g/mol. The minimum atomic E-state index is -2.87. The molecule has 0 atom stereocenters. The molecule has 188 valence electrons. The van der Waals surface area contributed by atoms with Gasteiger partial charge < -0.3 is 0 Å². The van der Waals surface area contributed by atoms with Crippen LogP contribution in [-0.2, 0) is 6.42 Å². The zero-order valence-corrected chi connectivity index (χ0v) is 17.4. The second-order valence-electron chi connectivity index (χ2n) is 6.89. The van der Waals surface area contributed by atoms with Crippen molar-refractivity contribution in [2.24, 2.45) is 0 Å². The fraction of sp³-hybridized carbons (Fsp3) is 0.143. The molecule has 0 unspecified atom stereocenters. The van der Waals surface area contributed by atoms with Crippen LogP contribution in [0.1, 0.15) is 12.0 Å². The van der Waals surface area contributed by atoms with E-state index in [0.29, 0.717) is 0 Å². The standard InChI is InChI=1S/C21H7F13S/c22-9-4(2-1-3-35)10(23)12(25)5(11(9)24)6-13(26)15(28)7(16(29)14(6)27)8-17(30)19(32)21(34)20(33)18(8)31/h35H,1-3H2. The van der Waals surface area contributed by atoms with Crippen LogP contribution in [0.2, 0.25) is 0 Å². The third-order valence-corrected chi connectivity index (χ3v) is 5.23. The fourth-order valence-corrected chi connectivity index (χ4v) is 3.43. The molecule has 0 spiro atoms. The van der Waals surface area contributed by atoms with Crippen molar-refractivity contribution in [3.63, 3.8) is 0 Å². The van der Waals surface area contributed by atoms with Crippen LogP contribution in [-0.4, -0.2) is 5.75 Å².